The fraction of sp³-hybridized carbons (Fsp3) is 0.176. The molecule has 3 heterocycles. The van der Waals surface area contributed by atoms with Gasteiger partial charge in [-0.1, -0.05) is 12.6 Å². The Balaban J connectivity index is 2.12. The van der Waals surface area contributed by atoms with E-state index in [0.29, 0.717) is 13.0 Å². The first-order chi connectivity index (χ1) is 10.8. The van der Waals surface area contributed by atoms with Crippen molar-refractivity contribution in [1.82, 2.24) is 15.0 Å². The van der Waals surface area contributed by atoms with Crippen LogP contribution >= 0.6 is 0 Å². The summed E-state index contributed by atoms with van der Waals surface area (Å²) >= 11 is 0. The first-order valence-corrected chi connectivity index (χ1v) is 7.25. The standard InChI is InChI=1S/C17H15FN4/c1-11-12-5-6-14-16(13(12)10-20-21-11)17-15(4-2-8-19-17)22(14)9-3-7-18/h2,4-6,8,10,21H,1,3,7,9H2. The average molecular weight is 294 g/mol. The number of pyridine rings is 1. The maximum atomic E-state index is 12.6. The first-order valence-electron chi connectivity index (χ1n) is 7.25. The molecule has 0 fully saturated rings. The van der Waals surface area contributed by atoms with Gasteiger partial charge in [0.15, 0.2) is 0 Å². The monoisotopic (exact) mass is 294 g/mol. The van der Waals surface area contributed by atoms with Crippen LogP contribution in [0.4, 0.5) is 4.39 Å². The van der Waals surface area contributed by atoms with E-state index in [9.17, 15) is 4.39 Å². The van der Waals surface area contributed by atoms with E-state index in [-0.39, 0.29) is 6.67 Å². The van der Waals surface area contributed by atoms with E-state index in [1.54, 1.807) is 12.4 Å². The normalized spacial score (nSPS) is 13.6. The Morgan fingerprint density at radius 2 is 2.14 bits per heavy atom. The van der Waals surface area contributed by atoms with E-state index in [1.807, 2.05) is 18.2 Å². The third-order valence-corrected chi connectivity index (χ3v) is 4.06. The molecule has 0 aliphatic carbocycles. The molecule has 0 bridgehead atoms. The van der Waals surface area contributed by atoms with Crippen LogP contribution < -0.4 is 5.43 Å². The fourth-order valence-electron chi connectivity index (χ4n) is 3.11. The highest BCUT2D eigenvalue weighted by Crippen LogP contribution is 2.34. The van der Waals surface area contributed by atoms with Crippen molar-refractivity contribution in [1.29, 1.82) is 0 Å². The van der Waals surface area contributed by atoms with Crippen LogP contribution in [-0.2, 0) is 6.54 Å². The average Bonchev–Trinajstić information content (AvgIpc) is 2.87. The van der Waals surface area contributed by atoms with Gasteiger partial charge < -0.3 is 4.57 Å². The molecular formula is C17H15FN4. The summed E-state index contributed by atoms with van der Waals surface area (Å²) in [5.74, 6) is 0. The second kappa shape index (κ2) is 4.94. The van der Waals surface area contributed by atoms with E-state index >= 15 is 0 Å². The number of hydrogen-bond donors (Lipinski definition) is 1. The zero-order valence-corrected chi connectivity index (χ0v) is 12.0. The van der Waals surface area contributed by atoms with Crippen molar-refractivity contribution >= 4 is 33.8 Å². The minimum Gasteiger partial charge on any atom is -0.339 e. The minimum absolute atomic E-state index is 0.325. The zero-order valence-electron chi connectivity index (χ0n) is 12.0. The molecule has 0 amide bonds. The van der Waals surface area contributed by atoms with Crippen LogP contribution in [0.2, 0.25) is 0 Å². The molecule has 2 aromatic heterocycles. The van der Waals surface area contributed by atoms with Gasteiger partial charge in [0.1, 0.15) is 0 Å². The number of aromatic nitrogens is 2. The molecule has 3 aromatic rings. The molecule has 0 spiro atoms. The van der Waals surface area contributed by atoms with E-state index in [4.69, 9.17) is 0 Å². The van der Waals surface area contributed by atoms with Crippen LogP contribution in [0.25, 0.3) is 27.6 Å². The molecule has 22 heavy (non-hydrogen) atoms. The van der Waals surface area contributed by atoms with Crippen LogP contribution in [0, 0.1) is 0 Å². The lowest BCUT2D eigenvalue weighted by Gasteiger charge is -2.15. The second-order valence-electron chi connectivity index (χ2n) is 5.33. The van der Waals surface area contributed by atoms with Gasteiger partial charge in [0.05, 0.1) is 35.1 Å². The smallest absolute Gasteiger partial charge is 0.0966 e. The van der Waals surface area contributed by atoms with Crippen LogP contribution in [0.15, 0.2) is 42.1 Å². The van der Waals surface area contributed by atoms with E-state index < -0.39 is 0 Å². The summed E-state index contributed by atoms with van der Waals surface area (Å²) in [4.78, 5) is 4.54. The van der Waals surface area contributed by atoms with Gasteiger partial charge in [-0.3, -0.25) is 14.8 Å². The number of alkyl halides is 1. The van der Waals surface area contributed by atoms with Crippen molar-refractivity contribution in [2.45, 2.75) is 13.0 Å². The van der Waals surface area contributed by atoms with Crippen LogP contribution in [0.3, 0.4) is 0 Å². The highest BCUT2D eigenvalue weighted by molar-refractivity contribution is 6.16. The van der Waals surface area contributed by atoms with Crippen molar-refractivity contribution in [3.05, 3.63) is 48.2 Å². The molecule has 1 N–H and O–H groups in total. The number of halogens is 1. The lowest BCUT2D eigenvalue weighted by Crippen LogP contribution is -2.11. The number of aryl methyl sites for hydroxylation is 1. The minimum atomic E-state index is -0.325. The van der Waals surface area contributed by atoms with Gasteiger partial charge in [-0.2, -0.15) is 5.10 Å². The molecule has 4 rings (SSSR count). The number of fused-ring (bicyclic) bond motifs is 5. The highest BCUT2D eigenvalue weighted by atomic mass is 19.1. The summed E-state index contributed by atoms with van der Waals surface area (Å²) < 4.78 is 14.8. The summed E-state index contributed by atoms with van der Waals surface area (Å²) in [6.07, 6.45) is 4.08. The van der Waals surface area contributed by atoms with Crippen LogP contribution in [0.5, 0.6) is 0 Å². The Bertz CT molecular complexity index is 923. The molecule has 0 radical (unpaired) electrons. The number of nitrogens with zero attached hydrogens (tertiary/aromatic N) is 3. The van der Waals surface area contributed by atoms with E-state index in [1.165, 1.54) is 0 Å². The molecule has 1 aliphatic rings. The number of hydrazone groups is 1. The molecule has 5 heteroatoms. The van der Waals surface area contributed by atoms with E-state index in [2.05, 4.69) is 32.7 Å². The maximum absolute atomic E-state index is 12.6. The predicted molar refractivity (Wildman–Crippen MR) is 87.6 cm³/mol. The van der Waals surface area contributed by atoms with Gasteiger partial charge in [-0.25, -0.2) is 0 Å². The lowest BCUT2D eigenvalue weighted by molar-refractivity contribution is 0.452. The van der Waals surface area contributed by atoms with Gasteiger partial charge in [0.2, 0.25) is 0 Å². The maximum Gasteiger partial charge on any atom is 0.0966 e. The summed E-state index contributed by atoms with van der Waals surface area (Å²) in [6.45, 7) is 4.31. The Labute approximate surface area is 127 Å². The highest BCUT2D eigenvalue weighted by Gasteiger charge is 2.19. The topological polar surface area (TPSA) is 42.2 Å². The van der Waals surface area contributed by atoms with Crippen molar-refractivity contribution < 1.29 is 4.39 Å². The molecule has 110 valence electrons. The largest absolute Gasteiger partial charge is 0.339 e. The molecule has 0 unspecified atom stereocenters. The molecule has 1 aliphatic heterocycles. The quantitative estimate of drug-likeness (QED) is 0.804. The Morgan fingerprint density at radius 3 is 3.00 bits per heavy atom. The van der Waals surface area contributed by atoms with Gasteiger partial charge in [-0.15, -0.1) is 0 Å². The Morgan fingerprint density at radius 1 is 1.23 bits per heavy atom. The zero-order chi connectivity index (χ0) is 15.1. The molecular weight excluding hydrogens is 279 g/mol. The third kappa shape index (κ3) is 1.75. The van der Waals surface area contributed by atoms with Gasteiger partial charge in [0.25, 0.3) is 0 Å². The number of benzene rings is 1. The third-order valence-electron chi connectivity index (χ3n) is 4.06. The first kappa shape index (κ1) is 13.0. The van der Waals surface area contributed by atoms with Crippen molar-refractivity contribution in [3.63, 3.8) is 0 Å². The number of hydrogen-bond acceptors (Lipinski definition) is 3. The van der Waals surface area contributed by atoms with Crippen LogP contribution in [0.1, 0.15) is 17.5 Å². The SMILES string of the molecule is C=C1NN=Cc2c1ccc1c2c2ncccc2n1CCCF. The number of rotatable bonds is 3. The van der Waals surface area contributed by atoms with Crippen molar-refractivity contribution in [3.8, 4) is 0 Å². The summed E-state index contributed by atoms with van der Waals surface area (Å²) in [6, 6.07) is 8.03. The van der Waals surface area contributed by atoms with Crippen molar-refractivity contribution in [2.75, 3.05) is 6.67 Å². The molecule has 0 saturated heterocycles. The molecule has 1 aromatic carbocycles. The lowest BCUT2D eigenvalue weighted by atomic mass is 10.0. The van der Waals surface area contributed by atoms with Gasteiger partial charge >= 0.3 is 0 Å². The summed E-state index contributed by atoms with van der Waals surface area (Å²) in [7, 11) is 0. The van der Waals surface area contributed by atoms with Crippen molar-refractivity contribution in [2.24, 2.45) is 5.10 Å². The summed E-state index contributed by atoms with van der Waals surface area (Å²) in [5.41, 5.74) is 8.72. The molecule has 4 nitrogen and oxygen atoms in total. The Hall–Kier alpha value is -2.69. The second-order valence-corrected chi connectivity index (χ2v) is 5.33. The molecule has 0 atom stereocenters. The predicted octanol–water partition coefficient (Wildman–Crippen LogP) is 3.46. The fourth-order valence-corrected chi connectivity index (χ4v) is 3.11. The molecule has 0 saturated carbocycles. The summed E-state index contributed by atoms with van der Waals surface area (Å²) in [5, 5.41) is 5.21. The van der Waals surface area contributed by atoms with E-state index in [0.717, 1.165) is 38.8 Å². The van der Waals surface area contributed by atoms with Gasteiger partial charge in [0, 0.05) is 29.3 Å². The Kier molecular flexibility index (Phi) is 2.92. The van der Waals surface area contributed by atoms with Crippen LogP contribution in [-0.4, -0.2) is 22.4 Å². The van der Waals surface area contributed by atoms with Gasteiger partial charge in [-0.05, 0) is 24.6 Å². The number of nitrogens with one attached hydrogen (secondary N) is 1.